The second-order valence-electron chi connectivity index (χ2n) is 4.65. The summed E-state index contributed by atoms with van der Waals surface area (Å²) in [6.07, 6.45) is 2.69. The molecule has 2 heteroatoms. The predicted octanol–water partition coefficient (Wildman–Crippen LogP) is 4.58. The third kappa shape index (κ3) is 6.84. The Labute approximate surface area is 96.4 Å². The van der Waals surface area contributed by atoms with Crippen molar-refractivity contribution >= 4 is 27.7 Å². The Morgan fingerprint density at radius 2 is 1.92 bits per heavy atom. The van der Waals surface area contributed by atoms with Crippen LogP contribution in [0.5, 0.6) is 0 Å². The standard InChI is InChI=1S/C11H23BrS/c1-5-6-7-13-9-10(8-12)11(2,3)4/h10H,5-9H2,1-4H3. The van der Waals surface area contributed by atoms with Gasteiger partial charge in [-0.2, -0.15) is 11.8 Å². The second-order valence-corrected chi connectivity index (χ2v) is 6.44. The molecule has 0 fully saturated rings. The maximum Gasteiger partial charge on any atom is 0.00725 e. The maximum atomic E-state index is 3.61. The largest absolute Gasteiger partial charge is 0.162 e. The van der Waals surface area contributed by atoms with Gasteiger partial charge in [0.15, 0.2) is 0 Å². The molecule has 0 N–H and O–H groups in total. The van der Waals surface area contributed by atoms with E-state index in [1.165, 1.54) is 24.3 Å². The fourth-order valence-corrected chi connectivity index (χ4v) is 4.06. The van der Waals surface area contributed by atoms with Crippen LogP contribution in [-0.4, -0.2) is 16.8 Å². The van der Waals surface area contributed by atoms with Crippen molar-refractivity contribution in [1.82, 2.24) is 0 Å². The highest BCUT2D eigenvalue weighted by atomic mass is 79.9. The fraction of sp³-hybridized carbons (Fsp3) is 1.00. The van der Waals surface area contributed by atoms with Gasteiger partial charge < -0.3 is 0 Å². The molecule has 13 heavy (non-hydrogen) atoms. The highest BCUT2D eigenvalue weighted by Gasteiger charge is 2.22. The molecule has 80 valence electrons. The molecule has 0 bridgehead atoms. The topological polar surface area (TPSA) is 0 Å². The lowest BCUT2D eigenvalue weighted by Gasteiger charge is -2.28. The van der Waals surface area contributed by atoms with Crippen LogP contribution in [0.4, 0.5) is 0 Å². The van der Waals surface area contributed by atoms with Crippen LogP contribution in [0.15, 0.2) is 0 Å². The van der Waals surface area contributed by atoms with E-state index in [0.29, 0.717) is 5.41 Å². The number of rotatable bonds is 6. The van der Waals surface area contributed by atoms with Gasteiger partial charge in [0, 0.05) is 5.33 Å². The lowest BCUT2D eigenvalue weighted by Crippen LogP contribution is -2.24. The minimum atomic E-state index is 0.447. The summed E-state index contributed by atoms with van der Waals surface area (Å²) in [7, 11) is 0. The first-order valence-electron chi connectivity index (χ1n) is 5.16. The first-order valence-corrected chi connectivity index (χ1v) is 7.43. The van der Waals surface area contributed by atoms with E-state index in [1.807, 2.05) is 0 Å². The SMILES string of the molecule is CCCCSCC(CBr)C(C)(C)C. The number of alkyl halides is 1. The minimum absolute atomic E-state index is 0.447. The zero-order valence-corrected chi connectivity index (χ0v) is 11.8. The molecule has 0 radical (unpaired) electrons. The van der Waals surface area contributed by atoms with Gasteiger partial charge in [-0.05, 0) is 29.3 Å². The molecule has 0 saturated heterocycles. The van der Waals surface area contributed by atoms with E-state index in [9.17, 15) is 0 Å². The molecule has 0 aromatic rings. The highest BCUT2D eigenvalue weighted by Crippen LogP contribution is 2.30. The molecule has 1 unspecified atom stereocenters. The van der Waals surface area contributed by atoms with Gasteiger partial charge in [0.2, 0.25) is 0 Å². The van der Waals surface area contributed by atoms with Crippen molar-refractivity contribution < 1.29 is 0 Å². The van der Waals surface area contributed by atoms with E-state index in [1.54, 1.807) is 0 Å². The van der Waals surface area contributed by atoms with Gasteiger partial charge >= 0.3 is 0 Å². The molecular weight excluding hydrogens is 244 g/mol. The van der Waals surface area contributed by atoms with Gasteiger partial charge in [0.05, 0.1) is 0 Å². The Kier molecular flexibility index (Phi) is 7.62. The molecule has 0 aromatic carbocycles. The quantitative estimate of drug-likeness (QED) is 0.501. The number of hydrogen-bond donors (Lipinski definition) is 0. The van der Waals surface area contributed by atoms with E-state index in [2.05, 4.69) is 55.4 Å². The third-order valence-electron chi connectivity index (χ3n) is 2.37. The first kappa shape index (κ1) is 13.8. The van der Waals surface area contributed by atoms with Crippen molar-refractivity contribution in [3.63, 3.8) is 0 Å². The molecule has 0 aliphatic heterocycles. The van der Waals surface area contributed by atoms with Crippen molar-refractivity contribution in [3.8, 4) is 0 Å². The van der Waals surface area contributed by atoms with Crippen molar-refractivity contribution in [2.75, 3.05) is 16.8 Å². The maximum absolute atomic E-state index is 3.61. The van der Waals surface area contributed by atoms with Crippen LogP contribution in [0.25, 0.3) is 0 Å². The summed E-state index contributed by atoms with van der Waals surface area (Å²) < 4.78 is 0. The average Bonchev–Trinajstić information content (AvgIpc) is 2.02. The molecule has 0 heterocycles. The summed E-state index contributed by atoms with van der Waals surface area (Å²) in [5, 5.41) is 1.13. The van der Waals surface area contributed by atoms with Gasteiger partial charge in [0.25, 0.3) is 0 Å². The highest BCUT2D eigenvalue weighted by molar-refractivity contribution is 9.09. The third-order valence-corrected chi connectivity index (χ3v) is 4.37. The summed E-state index contributed by atoms with van der Waals surface area (Å²) in [5.41, 5.74) is 0.447. The molecule has 0 aliphatic carbocycles. The van der Waals surface area contributed by atoms with Gasteiger partial charge in [-0.15, -0.1) is 0 Å². The van der Waals surface area contributed by atoms with E-state index in [4.69, 9.17) is 0 Å². The Morgan fingerprint density at radius 1 is 1.31 bits per heavy atom. The first-order chi connectivity index (χ1) is 6.02. The number of halogens is 1. The molecule has 0 spiro atoms. The second kappa shape index (κ2) is 7.17. The molecule has 0 saturated carbocycles. The number of thioether (sulfide) groups is 1. The summed E-state index contributed by atoms with van der Waals surface area (Å²) in [6, 6.07) is 0. The molecule has 1 atom stereocenters. The van der Waals surface area contributed by atoms with Crippen LogP contribution in [-0.2, 0) is 0 Å². The molecular formula is C11H23BrS. The summed E-state index contributed by atoms with van der Waals surface area (Å²) in [6.45, 7) is 9.25. The van der Waals surface area contributed by atoms with Crippen LogP contribution in [0.3, 0.4) is 0 Å². The predicted molar refractivity (Wildman–Crippen MR) is 69.0 cm³/mol. The van der Waals surface area contributed by atoms with Crippen LogP contribution in [0.1, 0.15) is 40.5 Å². The van der Waals surface area contributed by atoms with E-state index >= 15 is 0 Å². The fourth-order valence-electron chi connectivity index (χ4n) is 0.998. The lowest BCUT2D eigenvalue weighted by molar-refractivity contribution is 0.295. The van der Waals surface area contributed by atoms with Gasteiger partial charge in [-0.25, -0.2) is 0 Å². The molecule has 0 aromatic heterocycles. The Bertz CT molecular complexity index is 118. The zero-order chi connectivity index (χ0) is 10.3. The van der Waals surface area contributed by atoms with Crippen molar-refractivity contribution in [3.05, 3.63) is 0 Å². The van der Waals surface area contributed by atoms with Gasteiger partial charge in [0.1, 0.15) is 0 Å². The van der Waals surface area contributed by atoms with Gasteiger partial charge in [-0.3, -0.25) is 0 Å². The van der Waals surface area contributed by atoms with Crippen molar-refractivity contribution in [1.29, 1.82) is 0 Å². The van der Waals surface area contributed by atoms with Crippen LogP contribution < -0.4 is 0 Å². The van der Waals surface area contributed by atoms with E-state index in [-0.39, 0.29) is 0 Å². The molecule has 0 aliphatic rings. The summed E-state index contributed by atoms with van der Waals surface area (Å²) >= 11 is 5.71. The number of hydrogen-bond acceptors (Lipinski definition) is 1. The molecule has 0 rings (SSSR count). The van der Waals surface area contributed by atoms with Gasteiger partial charge in [-0.1, -0.05) is 50.0 Å². The lowest BCUT2D eigenvalue weighted by atomic mass is 9.83. The Balaban J connectivity index is 3.61. The van der Waals surface area contributed by atoms with Crippen molar-refractivity contribution in [2.24, 2.45) is 11.3 Å². The number of unbranched alkanes of at least 4 members (excludes halogenated alkanes) is 1. The molecule has 0 nitrogen and oxygen atoms in total. The van der Waals surface area contributed by atoms with Crippen LogP contribution in [0, 0.1) is 11.3 Å². The monoisotopic (exact) mass is 266 g/mol. The van der Waals surface area contributed by atoms with E-state index in [0.717, 1.165) is 11.2 Å². The Hall–Kier alpha value is 0.830. The van der Waals surface area contributed by atoms with Crippen LogP contribution in [0.2, 0.25) is 0 Å². The zero-order valence-electron chi connectivity index (χ0n) is 9.40. The van der Waals surface area contributed by atoms with E-state index < -0.39 is 0 Å². The van der Waals surface area contributed by atoms with Crippen molar-refractivity contribution in [2.45, 2.75) is 40.5 Å². The smallest absolute Gasteiger partial charge is 0.00725 e. The average molecular weight is 267 g/mol. The molecule has 0 amide bonds. The normalized spacial score (nSPS) is 14.5. The summed E-state index contributed by atoms with van der Waals surface area (Å²) in [4.78, 5) is 0. The van der Waals surface area contributed by atoms with Crippen LogP contribution >= 0.6 is 27.7 Å². The summed E-state index contributed by atoms with van der Waals surface area (Å²) in [5.74, 6) is 3.43. The Morgan fingerprint density at radius 3 is 2.31 bits per heavy atom. The minimum Gasteiger partial charge on any atom is -0.162 e.